The third-order valence-electron chi connectivity index (χ3n) is 4.78. The first-order valence-corrected chi connectivity index (χ1v) is 7.70. The van der Waals surface area contributed by atoms with Crippen molar-refractivity contribution in [2.24, 2.45) is 5.92 Å². The summed E-state index contributed by atoms with van der Waals surface area (Å²) >= 11 is 0. The van der Waals surface area contributed by atoms with E-state index in [4.69, 9.17) is 0 Å². The number of amides is 3. The Bertz CT molecular complexity index is 646. The van der Waals surface area contributed by atoms with Crippen LogP contribution in [0.5, 0.6) is 0 Å². The lowest BCUT2D eigenvalue weighted by atomic mass is 9.79. The minimum absolute atomic E-state index is 0.0650. The molecule has 1 aromatic carbocycles. The van der Waals surface area contributed by atoms with Crippen molar-refractivity contribution in [1.29, 1.82) is 0 Å². The van der Waals surface area contributed by atoms with E-state index < -0.39 is 23.2 Å². The first kappa shape index (κ1) is 15.9. The Hall–Kier alpha value is -2.02. The molecule has 1 unspecified atom stereocenters. The molecule has 3 amide bonds. The minimum Gasteiger partial charge on any atom is -0.323 e. The monoisotopic (exact) mass is 323 g/mol. The summed E-state index contributed by atoms with van der Waals surface area (Å²) in [5.41, 5.74) is -0.556. The molecule has 124 valence electrons. The van der Waals surface area contributed by atoms with E-state index in [1.165, 1.54) is 6.07 Å². The van der Waals surface area contributed by atoms with Crippen LogP contribution in [-0.4, -0.2) is 35.5 Å². The number of urea groups is 1. The number of hydrogen-bond acceptors (Lipinski definition) is 3. The lowest BCUT2D eigenvalue weighted by Crippen LogP contribution is -2.53. The minimum atomic E-state index is -0.990. The van der Waals surface area contributed by atoms with E-state index in [1.54, 1.807) is 6.92 Å². The molecule has 7 heteroatoms. The van der Waals surface area contributed by atoms with Gasteiger partial charge in [-0.1, -0.05) is 6.07 Å². The summed E-state index contributed by atoms with van der Waals surface area (Å²) in [6, 6.07) is 2.89. The van der Waals surface area contributed by atoms with E-state index in [-0.39, 0.29) is 18.4 Å². The summed E-state index contributed by atoms with van der Waals surface area (Å²) < 4.78 is 26.3. The highest BCUT2D eigenvalue weighted by Crippen LogP contribution is 2.32. The molecule has 2 fully saturated rings. The van der Waals surface area contributed by atoms with Gasteiger partial charge in [0.1, 0.15) is 5.54 Å². The van der Waals surface area contributed by atoms with Crippen molar-refractivity contribution in [2.75, 3.05) is 13.1 Å². The molecule has 2 heterocycles. The molecule has 1 atom stereocenters. The highest BCUT2D eigenvalue weighted by Gasteiger charge is 2.52. The van der Waals surface area contributed by atoms with Crippen molar-refractivity contribution in [3.05, 3.63) is 35.4 Å². The summed E-state index contributed by atoms with van der Waals surface area (Å²) in [4.78, 5) is 26.0. The average molecular weight is 323 g/mol. The van der Waals surface area contributed by atoms with E-state index in [1.807, 2.05) is 0 Å². The molecule has 0 bridgehead atoms. The Morgan fingerprint density at radius 1 is 1.22 bits per heavy atom. The first-order valence-electron chi connectivity index (χ1n) is 7.70. The third-order valence-corrected chi connectivity index (χ3v) is 4.78. The number of rotatable bonds is 3. The quantitative estimate of drug-likeness (QED) is 0.834. The summed E-state index contributed by atoms with van der Waals surface area (Å²) in [6.07, 6.45) is 1.61. The van der Waals surface area contributed by atoms with Gasteiger partial charge in [-0.2, -0.15) is 0 Å². The highest BCUT2D eigenvalue weighted by molar-refractivity contribution is 6.06. The van der Waals surface area contributed by atoms with Crippen molar-refractivity contribution in [1.82, 2.24) is 15.5 Å². The number of piperidine rings is 1. The topological polar surface area (TPSA) is 61.4 Å². The van der Waals surface area contributed by atoms with Gasteiger partial charge < -0.3 is 10.6 Å². The molecular formula is C16H19F2N3O2. The number of nitrogens with one attached hydrogen (secondary N) is 2. The number of benzene rings is 1. The predicted molar refractivity (Wildman–Crippen MR) is 79.4 cm³/mol. The lowest BCUT2D eigenvalue weighted by molar-refractivity contribution is -0.133. The van der Waals surface area contributed by atoms with Crippen LogP contribution in [0, 0.1) is 17.6 Å². The number of hydrogen-bond donors (Lipinski definition) is 2. The van der Waals surface area contributed by atoms with Gasteiger partial charge in [0.25, 0.3) is 5.91 Å². The van der Waals surface area contributed by atoms with Gasteiger partial charge in [-0.05, 0) is 56.5 Å². The molecule has 2 N–H and O–H groups in total. The van der Waals surface area contributed by atoms with E-state index in [2.05, 4.69) is 10.6 Å². The van der Waals surface area contributed by atoms with Gasteiger partial charge in [-0.15, -0.1) is 0 Å². The van der Waals surface area contributed by atoms with Gasteiger partial charge >= 0.3 is 6.03 Å². The van der Waals surface area contributed by atoms with Gasteiger partial charge in [0, 0.05) is 0 Å². The van der Waals surface area contributed by atoms with Crippen molar-refractivity contribution >= 4 is 11.9 Å². The van der Waals surface area contributed by atoms with Gasteiger partial charge in [0.15, 0.2) is 11.6 Å². The second-order valence-electron chi connectivity index (χ2n) is 6.30. The second kappa shape index (κ2) is 5.88. The zero-order chi connectivity index (χ0) is 16.6. The Balaban J connectivity index is 1.79. The molecule has 23 heavy (non-hydrogen) atoms. The van der Waals surface area contributed by atoms with Crippen LogP contribution in [-0.2, 0) is 11.3 Å². The van der Waals surface area contributed by atoms with Crippen molar-refractivity contribution < 1.29 is 18.4 Å². The number of carbonyl (C=O) groups is 2. The Kier molecular flexibility index (Phi) is 4.06. The summed E-state index contributed by atoms with van der Waals surface area (Å²) in [7, 11) is 0. The van der Waals surface area contributed by atoms with E-state index in [0.717, 1.165) is 43.0 Å². The molecule has 1 aromatic rings. The van der Waals surface area contributed by atoms with Crippen LogP contribution >= 0.6 is 0 Å². The Morgan fingerprint density at radius 3 is 2.57 bits per heavy atom. The van der Waals surface area contributed by atoms with Crippen LogP contribution in [0.3, 0.4) is 0 Å². The molecule has 0 aliphatic carbocycles. The van der Waals surface area contributed by atoms with E-state index in [0.29, 0.717) is 5.56 Å². The van der Waals surface area contributed by atoms with E-state index >= 15 is 0 Å². The lowest BCUT2D eigenvalue weighted by Gasteiger charge is -2.34. The zero-order valence-corrected chi connectivity index (χ0v) is 12.9. The Morgan fingerprint density at radius 2 is 1.91 bits per heavy atom. The Labute approximate surface area is 133 Å². The van der Waals surface area contributed by atoms with Crippen LogP contribution in [0.1, 0.15) is 25.3 Å². The van der Waals surface area contributed by atoms with Crippen molar-refractivity contribution in [3.8, 4) is 0 Å². The van der Waals surface area contributed by atoms with Crippen molar-refractivity contribution in [2.45, 2.75) is 31.8 Å². The summed E-state index contributed by atoms with van der Waals surface area (Å²) in [6.45, 7) is 3.30. The molecule has 2 saturated heterocycles. The van der Waals surface area contributed by atoms with Crippen LogP contribution in [0.15, 0.2) is 18.2 Å². The maximum Gasteiger partial charge on any atom is 0.325 e. The van der Waals surface area contributed by atoms with Crippen LogP contribution in [0.25, 0.3) is 0 Å². The predicted octanol–water partition coefficient (Wildman–Crippen LogP) is 1.77. The molecule has 0 aromatic heterocycles. The molecular weight excluding hydrogens is 304 g/mol. The maximum absolute atomic E-state index is 13.3. The van der Waals surface area contributed by atoms with Crippen LogP contribution < -0.4 is 10.6 Å². The van der Waals surface area contributed by atoms with Gasteiger partial charge in [0.2, 0.25) is 0 Å². The fraction of sp³-hybridized carbons (Fsp3) is 0.500. The largest absolute Gasteiger partial charge is 0.325 e. The fourth-order valence-corrected chi connectivity index (χ4v) is 3.36. The molecule has 5 nitrogen and oxygen atoms in total. The standard InChI is InChI=1S/C16H19F2N3O2/c1-16(11-4-6-19-7-5-11)14(22)21(15(23)20-16)9-10-2-3-12(17)13(18)8-10/h2-3,8,11,19H,4-7,9H2,1H3,(H,20,23). The fourth-order valence-electron chi connectivity index (χ4n) is 3.36. The maximum atomic E-state index is 13.3. The number of imide groups is 1. The SMILES string of the molecule is CC1(C2CCNCC2)NC(=O)N(Cc2ccc(F)c(F)c2)C1=O. The highest BCUT2D eigenvalue weighted by atomic mass is 19.2. The van der Waals surface area contributed by atoms with Crippen LogP contribution in [0.2, 0.25) is 0 Å². The van der Waals surface area contributed by atoms with E-state index in [9.17, 15) is 18.4 Å². The normalized spacial score (nSPS) is 25.8. The van der Waals surface area contributed by atoms with Crippen molar-refractivity contribution in [3.63, 3.8) is 0 Å². The number of carbonyl (C=O) groups excluding carboxylic acids is 2. The van der Waals surface area contributed by atoms with Crippen LogP contribution in [0.4, 0.5) is 13.6 Å². The number of halogens is 2. The number of nitrogens with zero attached hydrogens (tertiary/aromatic N) is 1. The molecule has 0 spiro atoms. The van der Waals surface area contributed by atoms with Gasteiger partial charge in [-0.25, -0.2) is 13.6 Å². The average Bonchev–Trinajstić information content (AvgIpc) is 2.76. The molecule has 0 saturated carbocycles. The second-order valence-corrected chi connectivity index (χ2v) is 6.30. The molecule has 0 radical (unpaired) electrons. The molecule has 2 aliphatic rings. The van der Waals surface area contributed by atoms with Gasteiger partial charge in [0.05, 0.1) is 6.54 Å². The zero-order valence-electron chi connectivity index (χ0n) is 12.9. The summed E-state index contributed by atoms with van der Waals surface area (Å²) in [5.74, 6) is -2.18. The smallest absolute Gasteiger partial charge is 0.323 e. The summed E-state index contributed by atoms with van der Waals surface area (Å²) in [5, 5.41) is 6.02. The molecule has 2 aliphatic heterocycles. The third kappa shape index (κ3) is 2.81. The van der Waals surface area contributed by atoms with Gasteiger partial charge in [-0.3, -0.25) is 9.69 Å². The first-order chi connectivity index (χ1) is 10.9. The molecule has 3 rings (SSSR count).